The third-order valence-electron chi connectivity index (χ3n) is 4.22. The average Bonchev–Trinajstić information content (AvgIpc) is 2.91. The van der Waals surface area contributed by atoms with Gasteiger partial charge in [0.2, 0.25) is 0 Å². The second kappa shape index (κ2) is 6.52. The summed E-state index contributed by atoms with van der Waals surface area (Å²) in [7, 11) is 0. The Hall–Kier alpha value is -1.93. The number of nitrogens with one attached hydrogen (secondary N) is 2. The number of rotatable bonds is 4. The van der Waals surface area contributed by atoms with E-state index < -0.39 is 23.2 Å². The van der Waals surface area contributed by atoms with Crippen molar-refractivity contribution in [2.45, 2.75) is 24.8 Å². The first kappa shape index (κ1) is 16.9. The van der Waals surface area contributed by atoms with Gasteiger partial charge in [-0.15, -0.1) is 0 Å². The Morgan fingerprint density at radius 3 is 2.71 bits per heavy atom. The number of halogens is 2. The number of hydrogen-bond donors (Lipinski definition) is 3. The van der Waals surface area contributed by atoms with E-state index in [9.17, 15) is 14.0 Å². The molecule has 8 heteroatoms. The van der Waals surface area contributed by atoms with Crippen molar-refractivity contribution in [2.75, 3.05) is 13.2 Å². The molecule has 6 nitrogen and oxygen atoms in total. The molecule has 3 N–H and O–H groups in total. The van der Waals surface area contributed by atoms with Gasteiger partial charge in [0.1, 0.15) is 11.5 Å². The van der Waals surface area contributed by atoms with E-state index in [1.54, 1.807) is 6.07 Å². The molecular formula is C16H16BrFN2O4. The van der Waals surface area contributed by atoms with Crippen LogP contribution in [0.25, 0.3) is 10.9 Å². The van der Waals surface area contributed by atoms with Crippen molar-refractivity contribution in [2.24, 2.45) is 0 Å². The molecule has 0 atom stereocenters. The van der Waals surface area contributed by atoms with Crippen LogP contribution < -0.4 is 5.32 Å². The van der Waals surface area contributed by atoms with E-state index in [1.807, 2.05) is 0 Å². The molecule has 1 amide bonds. The molecule has 0 radical (unpaired) electrons. The molecule has 0 saturated carbocycles. The van der Waals surface area contributed by atoms with Crippen LogP contribution in [0.3, 0.4) is 0 Å². The first-order valence-corrected chi connectivity index (χ1v) is 8.28. The molecule has 1 aromatic heterocycles. The maximum Gasteiger partial charge on any atom is 0.305 e. The standard InChI is InChI=1S/C16H16BrFN2O4/c17-9-5-11(18)10-7-13(19-12(10)6-9)15(23)20-16(8-14(21)22)1-3-24-4-2-16/h5-7,19H,1-4,8H2,(H,20,23)(H,21,22). The van der Waals surface area contributed by atoms with Crippen molar-refractivity contribution in [3.63, 3.8) is 0 Å². The fourth-order valence-corrected chi connectivity index (χ4v) is 3.42. The second-order valence-electron chi connectivity index (χ2n) is 5.95. The summed E-state index contributed by atoms with van der Waals surface area (Å²) in [6, 6.07) is 4.43. The second-order valence-corrected chi connectivity index (χ2v) is 6.86. The van der Waals surface area contributed by atoms with Crippen LogP contribution in [0.2, 0.25) is 0 Å². The first-order chi connectivity index (χ1) is 11.4. The maximum atomic E-state index is 14.0. The SMILES string of the molecule is O=C(O)CC1(NC(=O)c2cc3c(F)cc(Br)cc3[nH]2)CCOCC1. The monoisotopic (exact) mass is 398 g/mol. The number of carboxylic acid groups (broad SMARTS) is 1. The van der Waals surface area contributed by atoms with Gasteiger partial charge in [-0.25, -0.2) is 4.39 Å². The molecule has 1 aromatic carbocycles. The van der Waals surface area contributed by atoms with Crippen LogP contribution in [0.1, 0.15) is 29.8 Å². The highest BCUT2D eigenvalue weighted by Gasteiger charge is 2.37. The molecule has 2 heterocycles. The number of ether oxygens (including phenoxy) is 1. The van der Waals surface area contributed by atoms with Crippen molar-refractivity contribution in [3.8, 4) is 0 Å². The number of hydrogen-bond acceptors (Lipinski definition) is 3. The Bertz CT molecular complexity index is 799. The molecule has 0 unspecified atom stereocenters. The number of aromatic amines is 1. The molecule has 2 aromatic rings. The Kier molecular flexibility index (Phi) is 4.60. The lowest BCUT2D eigenvalue weighted by atomic mass is 9.86. The zero-order valence-corrected chi connectivity index (χ0v) is 14.3. The van der Waals surface area contributed by atoms with Crippen LogP contribution in [-0.4, -0.2) is 40.7 Å². The molecule has 3 rings (SSSR count). The van der Waals surface area contributed by atoms with Gasteiger partial charge in [-0.1, -0.05) is 15.9 Å². The Balaban J connectivity index is 1.87. The highest BCUT2D eigenvalue weighted by molar-refractivity contribution is 9.10. The number of carboxylic acids is 1. The number of benzene rings is 1. The first-order valence-electron chi connectivity index (χ1n) is 7.48. The van der Waals surface area contributed by atoms with Gasteiger partial charge < -0.3 is 20.1 Å². The lowest BCUT2D eigenvalue weighted by molar-refractivity contribution is -0.139. The van der Waals surface area contributed by atoms with E-state index in [0.717, 1.165) is 0 Å². The highest BCUT2D eigenvalue weighted by atomic mass is 79.9. The van der Waals surface area contributed by atoms with Crippen molar-refractivity contribution >= 4 is 38.7 Å². The number of aliphatic carboxylic acids is 1. The van der Waals surface area contributed by atoms with Crippen LogP contribution in [0.5, 0.6) is 0 Å². The molecule has 0 aliphatic carbocycles. The summed E-state index contributed by atoms with van der Waals surface area (Å²) < 4.78 is 19.8. The van der Waals surface area contributed by atoms with Gasteiger partial charge in [0.25, 0.3) is 5.91 Å². The number of carbonyl (C=O) groups is 2. The van der Waals surface area contributed by atoms with Gasteiger partial charge >= 0.3 is 5.97 Å². The Morgan fingerprint density at radius 2 is 2.04 bits per heavy atom. The summed E-state index contributed by atoms with van der Waals surface area (Å²) in [6.07, 6.45) is 0.665. The van der Waals surface area contributed by atoms with Crippen LogP contribution in [-0.2, 0) is 9.53 Å². The minimum Gasteiger partial charge on any atom is -0.481 e. The number of amides is 1. The molecule has 1 fully saturated rings. The molecule has 0 bridgehead atoms. The summed E-state index contributed by atoms with van der Waals surface area (Å²) in [5.41, 5.74) is -0.165. The maximum absolute atomic E-state index is 14.0. The third kappa shape index (κ3) is 3.44. The lowest BCUT2D eigenvalue weighted by Gasteiger charge is -2.36. The van der Waals surface area contributed by atoms with Crippen LogP contribution >= 0.6 is 15.9 Å². The minimum absolute atomic E-state index is 0.178. The normalized spacial score (nSPS) is 16.9. The lowest BCUT2D eigenvalue weighted by Crippen LogP contribution is -2.53. The predicted molar refractivity (Wildman–Crippen MR) is 88.5 cm³/mol. The van der Waals surface area contributed by atoms with Gasteiger partial charge in [0.05, 0.1) is 17.5 Å². The predicted octanol–water partition coefficient (Wildman–Crippen LogP) is 2.82. The molecule has 1 aliphatic heterocycles. The van der Waals surface area contributed by atoms with Crippen molar-refractivity contribution < 1.29 is 23.8 Å². The minimum atomic E-state index is -0.983. The number of fused-ring (bicyclic) bond motifs is 1. The quantitative estimate of drug-likeness (QED) is 0.738. The van der Waals surface area contributed by atoms with Gasteiger partial charge in [-0.05, 0) is 31.0 Å². The average molecular weight is 399 g/mol. The zero-order valence-electron chi connectivity index (χ0n) is 12.7. The molecule has 1 saturated heterocycles. The molecule has 1 aliphatic rings. The van der Waals surface area contributed by atoms with Crippen LogP contribution in [0, 0.1) is 5.82 Å². The summed E-state index contributed by atoms with van der Waals surface area (Å²) in [5.74, 6) is -1.88. The highest BCUT2D eigenvalue weighted by Crippen LogP contribution is 2.27. The van der Waals surface area contributed by atoms with Crippen molar-refractivity contribution in [1.29, 1.82) is 0 Å². The molecule has 0 spiro atoms. The van der Waals surface area contributed by atoms with Crippen molar-refractivity contribution in [1.82, 2.24) is 10.3 Å². The van der Waals surface area contributed by atoms with Gasteiger partial charge in [0.15, 0.2) is 0 Å². The topological polar surface area (TPSA) is 91.4 Å². The fourth-order valence-electron chi connectivity index (χ4n) is 2.99. The van der Waals surface area contributed by atoms with E-state index in [4.69, 9.17) is 9.84 Å². The summed E-state index contributed by atoms with van der Waals surface area (Å²) >= 11 is 3.21. The molecule has 24 heavy (non-hydrogen) atoms. The summed E-state index contributed by atoms with van der Waals surface area (Å²) in [6.45, 7) is 0.781. The fraction of sp³-hybridized carbons (Fsp3) is 0.375. The Morgan fingerprint density at radius 1 is 1.33 bits per heavy atom. The number of H-pyrrole nitrogens is 1. The number of carbonyl (C=O) groups excluding carboxylic acids is 1. The summed E-state index contributed by atoms with van der Waals surface area (Å²) in [4.78, 5) is 26.6. The van der Waals surface area contributed by atoms with Gasteiger partial charge in [0, 0.05) is 23.1 Å². The van der Waals surface area contributed by atoms with E-state index >= 15 is 0 Å². The van der Waals surface area contributed by atoms with Crippen LogP contribution in [0.15, 0.2) is 22.7 Å². The van der Waals surface area contributed by atoms with E-state index in [1.165, 1.54) is 12.1 Å². The van der Waals surface area contributed by atoms with E-state index in [-0.39, 0.29) is 12.1 Å². The van der Waals surface area contributed by atoms with Gasteiger partial charge in [-0.2, -0.15) is 0 Å². The third-order valence-corrected chi connectivity index (χ3v) is 4.67. The van der Waals surface area contributed by atoms with Crippen molar-refractivity contribution in [3.05, 3.63) is 34.2 Å². The largest absolute Gasteiger partial charge is 0.481 e. The van der Waals surface area contributed by atoms with Gasteiger partial charge in [-0.3, -0.25) is 9.59 Å². The number of aromatic nitrogens is 1. The molecule has 128 valence electrons. The van der Waals surface area contributed by atoms with Crippen LogP contribution in [0.4, 0.5) is 4.39 Å². The smallest absolute Gasteiger partial charge is 0.305 e. The van der Waals surface area contributed by atoms with E-state index in [0.29, 0.717) is 41.4 Å². The van der Waals surface area contributed by atoms with E-state index in [2.05, 4.69) is 26.2 Å². The Labute approximate surface area is 145 Å². The summed E-state index contributed by atoms with van der Waals surface area (Å²) in [5, 5.41) is 12.3. The molecular weight excluding hydrogens is 383 g/mol. The zero-order chi connectivity index (χ0) is 17.3.